The molecule has 1 heterocycles. The summed E-state index contributed by atoms with van der Waals surface area (Å²) in [5, 5.41) is -0.397. The summed E-state index contributed by atoms with van der Waals surface area (Å²) in [7, 11) is -1.65. The van der Waals surface area contributed by atoms with Gasteiger partial charge in [0.15, 0.2) is 0 Å². The van der Waals surface area contributed by atoms with Gasteiger partial charge >= 0.3 is 6.09 Å². The fourth-order valence-electron chi connectivity index (χ4n) is 2.10. The van der Waals surface area contributed by atoms with E-state index in [-0.39, 0.29) is 6.09 Å². The van der Waals surface area contributed by atoms with E-state index in [0.29, 0.717) is 32.5 Å². The molecule has 0 aliphatic carbocycles. The first-order chi connectivity index (χ1) is 9.08. The Kier molecular flexibility index (Phi) is 5.43. The van der Waals surface area contributed by atoms with Crippen molar-refractivity contribution in [1.82, 2.24) is 9.21 Å². The Labute approximate surface area is 122 Å². The molecular formula is C13H26N2O4S. The van der Waals surface area contributed by atoms with E-state index in [1.807, 2.05) is 27.7 Å². The van der Waals surface area contributed by atoms with Gasteiger partial charge in [0.1, 0.15) is 5.60 Å². The smallest absolute Gasteiger partial charge is 0.410 e. The van der Waals surface area contributed by atoms with Gasteiger partial charge in [0.2, 0.25) is 10.0 Å². The normalized spacial score (nSPS) is 18.4. The average Bonchev–Trinajstić information content (AvgIpc) is 2.35. The van der Waals surface area contributed by atoms with Crippen molar-refractivity contribution in [3.8, 4) is 0 Å². The third-order valence-electron chi connectivity index (χ3n) is 3.39. The van der Waals surface area contributed by atoms with Crippen molar-refractivity contribution in [1.29, 1.82) is 0 Å². The van der Waals surface area contributed by atoms with Crippen LogP contribution in [0.4, 0.5) is 4.79 Å². The molecule has 0 spiro atoms. The number of rotatable bonds is 3. The molecule has 20 heavy (non-hydrogen) atoms. The summed E-state index contributed by atoms with van der Waals surface area (Å²) in [6.45, 7) is 8.59. The van der Waals surface area contributed by atoms with Crippen LogP contribution in [-0.2, 0) is 14.8 Å². The summed E-state index contributed by atoms with van der Waals surface area (Å²) in [5.74, 6) is 0. The SMILES string of the molecule is CCN(C)S(=O)(=O)C1CCN(C(=O)OC(C)(C)C)CC1. The molecule has 6 nitrogen and oxygen atoms in total. The van der Waals surface area contributed by atoms with Gasteiger partial charge in [-0.15, -0.1) is 0 Å². The molecule has 0 aromatic rings. The maximum Gasteiger partial charge on any atom is 0.410 e. The minimum Gasteiger partial charge on any atom is -0.444 e. The Morgan fingerprint density at radius 3 is 2.20 bits per heavy atom. The second-order valence-electron chi connectivity index (χ2n) is 6.13. The van der Waals surface area contributed by atoms with Crippen LogP contribution in [0, 0.1) is 0 Å². The van der Waals surface area contributed by atoms with Crippen molar-refractivity contribution in [2.75, 3.05) is 26.7 Å². The highest BCUT2D eigenvalue weighted by Gasteiger charge is 2.34. The number of ether oxygens (including phenoxy) is 1. The standard InChI is InChI=1S/C13H26N2O4S/c1-6-14(5)20(17,18)11-7-9-15(10-8-11)12(16)19-13(2,3)4/h11H,6-10H2,1-5H3. The number of piperidine rings is 1. The Hall–Kier alpha value is -0.820. The van der Waals surface area contributed by atoms with Crippen molar-refractivity contribution < 1.29 is 17.9 Å². The Morgan fingerprint density at radius 2 is 1.80 bits per heavy atom. The summed E-state index contributed by atoms with van der Waals surface area (Å²) in [6, 6.07) is 0. The molecule has 1 rings (SSSR count). The molecule has 0 N–H and O–H groups in total. The van der Waals surface area contributed by atoms with Gasteiger partial charge in [0.25, 0.3) is 0 Å². The number of hydrogen-bond donors (Lipinski definition) is 0. The molecule has 1 aliphatic rings. The highest BCUT2D eigenvalue weighted by molar-refractivity contribution is 7.89. The van der Waals surface area contributed by atoms with E-state index in [4.69, 9.17) is 4.74 Å². The predicted molar refractivity (Wildman–Crippen MR) is 78.1 cm³/mol. The topological polar surface area (TPSA) is 66.9 Å². The van der Waals surface area contributed by atoms with Crippen LogP contribution in [0.5, 0.6) is 0 Å². The second kappa shape index (κ2) is 6.30. The first kappa shape index (κ1) is 17.2. The zero-order valence-electron chi connectivity index (χ0n) is 13.0. The minimum atomic E-state index is -3.24. The lowest BCUT2D eigenvalue weighted by atomic mass is 10.1. The fraction of sp³-hybridized carbons (Fsp3) is 0.923. The lowest BCUT2D eigenvalue weighted by Crippen LogP contribution is -2.47. The van der Waals surface area contributed by atoms with Crippen LogP contribution in [-0.4, -0.2) is 61.2 Å². The van der Waals surface area contributed by atoms with Crippen LogP contribution in [0.15, 0.2) is 0 Å². The molecule has 0 unspecified atom stereocenters. The van der Waals surface area contributed by atoms with Gasteiger partial charge < -0.3 is 9.64 Å². The van der Waals surface area contributed by atoms with Crippen LogP contribution in [0.2, 0.25) is 0 Å². The summed E-state index contributed by atoms with van der Waals surface area (Å²) < 4.78 is 31.1. The maximum absolute atomic E-state index is 12.2. The zero-order chi connectivity index (χ0) is 15.6. The van der Waals surface area contributed by atoms with Crippen LogP contribution < -0.4 is 0 Å². The second-order valence-corrected chi connectivity index (χ2v) is 8.45. The molecule has 0 bridgehead atoms. The third kappa shape index (κ3) is 4.34. The molecule has 0 saturated carbocycles. The molecule has 1 aliphatic heterocycles. The van der Waals surface area contributed by atoms with E-state index in [1.165, 1.54) is 4.31 Å². The van der Waals surface area contributed by atoms with E-state index in [2.05, 4.69) is 0 Å². The number of sulfonamides is 1. The number of carbonyl (C=O) groups excluding carboxylic acids is 1. The summed E-state index contributed by atoms with van der Waals surface area (Å²) in [4.78, 5) is 13.5. The number of amides is 1. The van der Waals surface area contributed by atoms with E-state index in [0.717, 1.165) is 0 Å². The van der Waals surface area contributed by atoms with E-state index >= 15 is 0 Å². The molecule has 0 radical (unpaired) electrons. The van der Waals surface area contributed by atoms with Gasteiger partial charge in [-0.05, 0) is 33.6 Å². The minimum absolute atomic E-state index is 0.364. The molecule has 118 valence electrons. The highest BCUT2D eigenvalue weighted by Crippen LogP contribution is 2.21. The van der Waals surface area contributed by atoms with Crippen molar-refractivity contribution in [3.05, 3.63) is 0 Å². The Morgan fingerprint density at radius 1 is 1.30 bits per heavy atom. The van der Waals surface area contributed by atoms with Crippen LogP contribution in [0.3, 0.4) is 0 Å². The van der Waals surface area contributed by atoms with E-state index in [1.54, 1.807) is 11.9 Å². The molecule has 1 saturated heterocycles. The lowest BCUT2D eigenvalue weighted by Gasteiger charge is -2.34. The van der Waals surface area contributed by atoms with Crippen LogP contribution >= 0.6 is 0 Å². The number of carbonyl (C=O) groups is 1. The summed E-state index contributed by atoms with van der Waals surface area (Å²) in [5.41, 5.74) is -0.525. The molecule has 0 aromatic heterocycles. The number of hydrogen-bond acceptors (Lipinski definition) is 4. The van der Waals surface area contributed by atoms with Crippen molar-refractivity contribution in [2.24, 2.45) is 0 Å². The third-order valence-corrected chi connectivity index (χ3v) is 5.84. The monoisotopic (exact) mass is 306 g/mol. The maximum atomic E-state index is 12.2. The van der Waals surface area contributed by atoms with Crippen molar-refractivity contribution in [3.63, 3.8) is 0 Å². The summed E-state index contributed by atoms with van der Waals surface area (Å²) in [6.07, 6.45) is 0.565. The van der Waals surface area contributed by atoms with Crippen molar-refractivity contribution >= 4 is 16.1 Å². The van der Waals surface area contributed by atoms with Crippen molar-refractivity contribution in [2.45, 2.75) is 51.4 Å². The average molecular weight is 306 g/mol. The molecule has 7 heteroatoms. The molecule has 0 aromatic carbocycles. The number of nitrogens with zero attached hydrogens (tertiary/aromatic N) is 2. The van der Waals surface area contributed by atoms with E-state index in [9.17, 15) is 13.2 Å². The molecule has 1 amide bonds. The zero-order valence-corrected chi connectivity index (χ0v) is 13.9. The van der Waals surface area contributed by atoms with Gasteiger partial charge in [-0.3, -0.25) is 0 Å². The molecular weight excluding hydrogens is 280 g/mol. The summed E-state index contributed by atoms with van der Waals surface area (Å²) >= 11 is 0. The van der Waals surface area contributed by atoms with Gasteiger partial charge in [0.05, 0.1) is 5.25 Å². The highest BCUT2D eigenvalue weighted by atomic mass is 32.2. The van der Waals surface area contributed by atoms with Gasteiger partial charge in [0, 0.05) is 26.7 Å². The fourth-order valence-corrected chi connectivity index (χ4v) is 3.77. The van der Waals surface area contributed by atoms with Crippen LogP contribution in [0.1, 0.15) is 40.5 Å². The Balaban J connectivity index is 2.58. The molecule has 0 atom stereocenters. The van der Waals surface area contributed by atoms with Crippen LogP contribution in [0.25, 0.3) is 0 Å². The first-order valence-corrected chi connectivity index (χ1v) is 8.51. The number of likely N-dealkylation sites (tertiary alicyclic amines) is 1. The predicted octanol–water partition coefficient (Wildman–Crippen LogP) is 1.67. The first-order valence-electron chi connectivity index (χ1n) is 7.01. The van der Waals surface area contributed by atoms with Gasteiger partial charge in [-0.2, -0.15) is 0 Å². The largest absolute Gasteiger partial charge is 0.444 e. The van der Waals surface area contributed by atoms with Gasteiger partial charge in [-0.25, -0.2) is 17.5 Å². The molecule has 1 fully saturated rings. The van der Waals surface area contributed by atoms with Gasteiger partial charge in [-0.1, -0.05) is 6.92 Å². The Bertz CT molecular complexity index is 434. The lowest BCUT2D eigenvalue weighted by molar-refractivity contribution is 0.0216. The quantitative estimate of drug-likeness (QED) is 0.795. The van der Waals surface area contributed by atoms with E-state index < -0.39 is 20.9 Å².